The molecule has 0 aromatic carbocycles. The van der Waals surface area contributed by atoms with Crippen molar-refractivity contribution in [2.45, 2.75) is 122 Å². The average molecular weight is 369 g/mol. The number of rotatable bonds is 19. The molecular formula is C23H44O3. The van der Waals surface area contributed by atoms with Crippen LogP contribution in [0.2, 0.25) is 0 Å². The minimum Gasteiger partial charge on any atom is -0.467 e. The standard InChI is InChI=1S/C23H44O3/c1-3-4-5-6-7-8-9-10-11-12-13-14-15-16-17-18-19-20-21-22(24)23(25)26-2/h8-9,22,24H,3-7,10-21H2,1-2H3/b9-8-/t22-/m1/s1. The number of aliphatic hydroxyl groups is 1. The zero-order valence-corrected chi connectivity index (χ0v) is 17.5. The van der Waals surface area contributed by atoms with Crippen molar-refractivity contribution in [2.24, 2.45) is 0 Å². The molecule has 3 nitrogen and oxygen atoms in total. The van der Waals surface area contributed by atoms with Gasteiger partial charge < -0.3 is 9.84 Å². The predicted molar refractivity (Wildman–Crippen MR) is 111 cm³/mol. The maximum Gasteiger partial charge on any atom is 0.334 e. The highest BCUT2D eigenvalue weighted by Crippen LogP contribution is 2.13. The number of unbranched alkanes of at least 4 members (excludes halogenated alkanes) is 14. The van der Waals surface area contributed by atoms with Crippen molar-refractivity contribution in [1.82, 2.24) is 0 Å². The van der Waals surface area contributed by atoms with Crippen LogP contribution < -0.4 is 0 Å². The summed E-state index contributed by atoms with van der Waals surface area (Å²) in [6.07, 6.45) is 24.9. The summed E-state index contributed by atoms with van der Waals surface area (Å²) in [5.41, 5.74) is 0. The van der Waals surface area contributed by atoms with E-state index in [9.17, 15) is 9.90 Å². The molecule has 0 amide bonds. The Hall–Kier alpha value is -0.830. The van der Waals surface area contributed by atoms with E-state index in [0.29, 0.717) is 6.42 Å². The molecule has 0 aliphatic heterocycles. The monoisotopic (exact) mass is 368 g/mol. The van der Waals surface area contributed by atoms with Crippen molar-refractivity contribution in [3.63, 3.8) is 0 Å². The quantitative estimate of drug-likeness (QED) is 0.156. The van der Waals surface area contributed by atoms with Gasteiger partial charge in [0, 0.05) is 0 Å². The van der Waals surface area contributed by atoms with Crippen LogP contribution in [0.5, 0.6) is 0 Å². The number of hydrogen-bond acceptors (Lipinski definition) is 3. The molecule has 0 aromatic heterocycles. The van der Waals surface area contributed by atoms with Crippen molar-refractivity contribution in [3.8, 4) is 0 Å². The molecule has 0 aliphatic rings. The first-order valence-electron chi connectivity index (χ1n) is 11.1. The highest BCUT2D eigenvalue weighted by atomic mass is 16.5. The lowest BCUT2D eigenvalue weighted by Gasteiger charge is -2.07. The first kappa shape index (κ1) is 25.2. The first-order chi connectivity index (χ1) is 12.7. The molecule has 1 N–H and O–H groups in total. The number of esters is 1. The lowest BCUT2D eigenvalue weighted by Crippen LogP contribution is -2.21. The van der Waals surface area contributed by atoms with Crippen molar-refractivity contribution >= 4 is 5.97 Å². The van der Waals surface area contributed by atoms with E-state index in [2.05, 4.69) is 23.8 Å². The van der Waals surface area contributed by atoms with Gasteiger partial charge in [0.15, 0.2) is 6.10 Å². The Balaban J connectivity index is 3.15. The number of carbonyl (C=O) groups is 1. The largest absolute Gasteiger partial charge is 0.467 e. The fraction of sp³-hybridized carbons (Fsp3) is 0.870. The Morgan fingerprint density at radius 3 is 1.65 bits per heavy atom. The van der Waals surface area contributed by atoms with Gasteiger partial charge in [-0.3, -0.25) is 0 Å². The van der Waals surface area contributed by atoms with Crippen LogP contribution in [-0.4, -0.2) is 24.3 Å². The van der Waals surface area contributed by atoms with Gasteiger partial charge in [0.25, 0.3) is 0 Å². The number of aliphatic hydroxyl groups excluding tert-OH is 1. The number of ether oxygens (including phenoxy) is 1. The van der Waals surface area contributed by atoms with E-state index in [1.54, 1.807) is 0 Å². The maximum atomic E-state index is 11.0. The van der Waals surface area contributed by atoms with Crippen LogP contribution in [0.4, 0.5) is 0 Å². The van der Waals surface area contributed by atoms with Gasteiger partial charge in [0.1, 0.15) is 0 Å². The molecule has 0 bridgehead atoms. The second kappa shape index (κ2) is 20.5. The van der Waals surface area contributed by atoms with Crippen molar-refractivity contribution in [1.29, 1.82) is 0 Å². The van der Waals surface area contributed by atoms with E-state index >= 15 is 0 Å². The third-order valence-corrected chi connectivity index (χ3v) is 4.96. The molecule has 0 saturated heterocycles. The van der Waals surface area contributed by atoms with Crippen LogP contribution >= 0.6 is 0 Å². The van der Waals surface area contributed by atoms with Crippen LogP contribution in [0.1, 0.15) is 116 Å². The number of hydrogen-bond donors (Lipinski definition) is 1. The summed E-state index contributed by atoms with van der Waals surface area (Å²) in [6.45, 7) is 2.26. The van der Waals surface area contributed by atoms with Gasteiger partial charge in [-0.05, 0) is 32.1 Å². The second-order valence-corrected chi connectivity index (χ2v) is 7.47. The van der Waals surface area contributed by atoms with Gasteiger partial charge >= 0.3 is 5.97 Å². The smallest absolute Gasteiger partial charge is 0.334 e. The van der Waals surface area contributed by atoms with Gasteiger partial charge in [-0.2, -0.15) is 0 Å². The summed E-state index contributed by atoms with van der Waals surface area (Å²) >= 11 is 0. The van der Waals surface area contributed by atoms with Gasteiger partial charge in [0.2, 0.25) is 0 Å². The Kier molecular flexibility index (Phi) is 19.8. The molecule has 0 rings (SSSR count). The molecule has 0 fully saturated rings. The number of allylic oxidation sites excluding steroid dienone is 2. The Morgan fingerprint density at radius 2 is 1.19 bits per heavy atom. The van der Waals surface area contributed by atoms with Gasteiger partial charge in [-0.15, -0.1) is 0 Å². The molecule has 0 aliphatic carbocycles. The topological polar surface area (TPSA) is 46.5 Å². The Morgan fingerprint density at radius 1 is 0.769 bits per heavy atom. The Labute approximate surface area is 162 Å². The summed E-state index contributed by atoms with van der Waals surface area (Å²) in [6, 6.07) is 0. The maximum absolute atomic E-state index is 11.0. The summed E-state index contributed by atoms with van der Waals surface area (Å²) < 4.78 is 4.51. The average Bonchev–Trinajstić information content (AvgIpc) is 2.66. The SMILES string of the molecule is CCCCCC/C=C\CCCCCCCCCCCC[C@@H](O)C(=O)OC. The molecular weight excluding hydrogens is 324 g/mol. The normalized spacial score (nSPS) is 12.6. The van der Waals surface area contributed by atoms with E-state index in [4.69, 9.17) is 0 Å². The fourth-order valence-electron chi connectivity index (χ4n) is 3.19. The highest BCUT2D eigenvalue weighted by molar-refractivity contribution is 5.74. The summed E-state index contributed by atoms with van der Waals surface area (Å²) in [5.74, 6) is -0.507. The van der Waals surface area contributed by atoms with E-state index in [1.165, 1.54) is 97.0 Å². The van der Waals surface area contributed by atoms with Crippen molar-refractivity contribution < 1.29 is 14.6 Å². The zero-order chi connectivity index (χ0) is 19.3. The predicted octanol–water partition coefficient (Wildman–Crippen LogP) is 6.73. The second-order valence-electron chi connectivity index (χ2n) is 7.47. The fourth-order valence-corrected chi connectivity index (χ4v) is 3.19. The number of carbonyl (C=O) groups excluding carboxylic acids is 1. The van der Waals surface area contributed by atoms with Crippen molar-refractivity contribution in [3.05, 3.63) is 12.2 Å². The molecule has 3 heteroatoms. The summed E-state index contributed by atoms with van der Waals surface area (Å²) in [7, 11) is 1.32. The van der Waals surface area contributed by atoms with Crippen LogP contribution in [0.25, 0.3) is 0 Å². The lowest BCUT2D eigenvalue weighted by molar-refractivity contribution is -0.150. The van der Waals surface area contributed by atoms with E-state index < -0.39 is 12.1 Å². The van der Waals surface area contributed by atoms with Gasteiger partial charge in [0.05, 0.1) is 7.11 Å². The molecule has 1 atom stereocenters. The van der Waals surface area contributed by atoms with E-state index in [0.717, 1.165) is 12.8 Å². The van der Waals surface area contributed by atoms with Gasteiger partial charge in [-0.1, -0.05) is 96.1 Å². The molecule has 0 heterocycles. The summed E-state index contributed by atoms with van der Waals surface area (Å²) in [4.78, 5) is 11.0. The molecule has 0 saturated carbocycles. The van der Waals surface area contributed by atoms with Crippen LogP contribution in [0, 0.1) is 0 Å². The van der Waals surface area contributed by atoms with Crippen LogP contribution in [-0.2, 0) is 9.53 Å². The zero-order valence-electron chi connectivity index (χ0n) is 17.5. The molecule has 0 radical (unpaired) electrons. The molecule has 154 valence electrons. The molecule has 0 unspecified atom stereocenters. The van der Waals surface area contributed by atoms with Gasteiger partial charge in [-0.25, -0.2) is 4.79 Å². The Bertz CT molecular complexity index is 325. The third kappa shape index (κ3) is 18.0. The van der Waals surface area contributed by atoms with E-state index in [-0.39, 0.29) is 0 Å². The minimum atomic E-state index is -0.934. The summed E-state index contributed by atoms with van der Waals surface area (Å²) in [5, 5.41) is 9.47. The van der Waals surface area contributed by atoms with E-state index in [1.807, 2.05) is 0 Å². The first-order valence-corrected chi connectivity index (χ1v) is 11.1. The highest BCUT2D eigenvalue weighted by Gasteiger charge is 2.13. The number of methoxy groups -OCH3 is 1. The van der Waals surface area contributed by atoms with Crippen molar-refractivity contribution in [2.75, 3.05) is 7.11 Å². The minimum absolute atomic E-state index is 0.507. The third-order valence-electron chi connectivity index (χ3n) is 4.96. The molecule has 0 spiro atoms. The van der Waals surface area contributed by atoms with Crippen LogP contribution in [0.3, 0.4) is 0 Å². The molecule has 26 heavy (non-hydrogen) atoms. The lowest BCUT2D eigenvalue weighted by atomic mass is 10.0. The van der Waals surface area contributed by atoms with Crippen LogP contribution in [0.15, 0.2) is 12.2 Å². The molecule has 0 aromatic rings.